The maximum Gasteiger partial charge on any atom is 0.122 e. The molecule has 0 aromatic carbocycles. The third kappa shape index (κ3) is 4.47. The van der Waals surface area contributed by atoms with Gasteiger partial charge in [-0.05, 0) is 66.3 Å². The van der Waals surface area contributed by atoms with Crippen LogP contribution in [0.5, 0.6) is 0 Å². The molecular weight excluding hydrogens is 396 g/mol. The number of fused-ring (bicyclic) bond motifs is 1. The molecule has 0 bridgehead atoms. The molecule has 0 aromatic heterocycles. The van der Waals surface area contributed by atoms with Crippen LogP contribution in [0.1, 0.15) is 66.2 Å². The molecule has 4 rings (SSSR count). The van der Waals surface area contributed by atoms with Gasteiger partial charge in [0.1, 0.15) is 5.50 Å². The van der Waals surface area contributed by atoms with E-state index in [0.29, 0.717) is 27.5 Å². The van der Waals surface area contributed by atoms with Crippen LogP contribution >= 0.6 is 35.1 Å². The Balaban J connectivity index is 1.38. The lowest BCUT2D eigenvalue weighted by molar-refractivity contribution is 0.0687. The van der Waals surface area contributed by atoms with Crippen LogP contribution in [0.15, 0.2) is 0 Å². The van der Waals surface area contributed by atoms with E-state index in [1.807, 2.05) is 11.8 Å². The minimum atomic E-state index is 0.176. The standard InChI is InChI=1S/C20H37ClN4S2/c1-19(2)10-12(11-20(3,4)24-19)25(5)18-23-22-17(27-18)16-15(21)13-8-6-7-9-14(13)26-16/h12-18,22-24H,6-11H2,1-5H3. The highest BCUT2D eigenvalue weighted by Gasteiger charge is 2.49. The van der Waals surface area contributed by atoms with Crippen LogP contribution in [-0.4, -0.2) is 55.8 Å². The van der Waals surface area contributed by atoms with Crippen LogP contribution in [0.3, 0.4) is 0 Å². The van der Waals surface area contributed by atoms with Gasteiger partial charge in [-0.3, -0.25) is 4.90 Å². The first-order chi connectivity index (χ1) is 12.7. The van der Waals surface area contributed by atoms with Gasteiger partial charge in [0.05, 0.1) is 10.8 Å². The van der Waals surface area contributed by atoms with Crippen molar-refractivity contribution in [1.82, 2.24) is 21.1 Å². The molecule has 0 radical (unpaired) electrons. The minimum Gasteiger partial charge on any atom is -0.307 e. The Morgan fingerprint density at radius 3 is 2.30 bits per heavy atom. The predicted molar refractivity (Wildman–Crippen MR) is 120 cm³/mol. The number of alkyl halides is 1. The van der Waals surface area contributed by atoms with Crippen molar-refractivity contribution >= 4 is 35.1 Å². The summed E-state index contributed by atoms with van der Waals surface area (Å²) in [6, 6.07) is 0.576. The molecule has 156 valence electrons. The lowest BCUT2D eigenvalue weighted by Crippen LogP contribution is -2.63. The molecular formula is C20H37ClN4S2. The maximum atomic E-state index is 6.96. The molecule has 27 heavy (non-hydrogen) atoms. The molecule has 7 heteroatoms. The second-order valence-corrected chi connectivity index (χ2v) is 13.5. The third-order valence-corrected chi connectivity index (χ3v) is 11.0. The number of hydrogen-bond acceptors (Lipinski definition) is 6. The quantitative estimate of drug-likeness (QED) is 0.586. The van der Waals surface area contributed by atoms with Crippen molar-refractivity contribution in [2.24, 2.45) is 5.92 Å². The minimum absolute atomic E-state index is 0.176. The fourth-order valence-corrected chi connectivity index (χ4v) is 10.1. The second kappa shape index (κ2) is 7.82. The Morgan fingerprint density at radius 2 is 1.63 bits per heavy atom. The summed E-state index contributed by atoms with van der Waals surface area (Å²) in [5.41, 5.74) is 7.85. The number of rotatable bonds is 3. The van der Waals surface area contributed by atoms with Crippen LogP contribution in [0.25, 0.3) is 0 Å². The van der Waals surface area contributed by atoms with Gasteiger partial charge in [-0.2, -0.15) is 11.8 Å². The first-order valence-electron chi connectivity index (χ1n) is 10.6. The van der Waals surface area contributed by atoms with Crippen molar-refractivity contribution in [2.75, 3.05) is 7.05 Å². The van der Waals surface area contributed by atoms with E-state index in [-0.39, 0.29) is 11.1 Å². The zero-order valence-corrected chi connectivity index (χ0v) is 19.8. The van der Waals surface area contributed by atoms with Crippen molar-refractivity contribution in [1.29, 1.82) is 0 Å². The summed E-state index contributed by atoms with van der Waals surface area (Å²) in [7, 11) is 2.29. The van der Waals surface area contributed by atoms with E-state index < -0.39 is 0 Å². The van der Waals surface area contributed by atoms with E-state index in [1.54, 1.807) is 0 Å². The third-order valence-electron chi connectivity index (χ3n) is 6.85. The highest BCUT2D eigenvalue weighted by molar-refractivity contribution is 8.04. The molecule has 0 aromatic rings. The van der Waals surface area contributed by atoms with E-state index >= 15 is 0 Å². The van der Waals surface area contributed by atoms with Crippen LogP contribution in [-0.2, 0) is 0 Å². The first-order valence-corrected chi connectivity index (χ1v) is 12.9. The Morgan fingerprint density at radius 1 is 0.963 bits per heavy atom. The summed E-state index contributed by atoms with van der Waals surface area (Å²) in [6.07, 6.45) is 7.81. The number of hydrazine groups is 1. The van der Waals surface area contributed by atoms with E-state index in [2.05, 4.69) is 67.6 Å². The average molecular weight is 433 g/mol. The summed E-state index contributed by atoms with van der Waals surface area (Å²) in [5.74, 6) is 0.723. The smallest absolute Gasteiger partial charge is 0.122 e. The fourth-order valence-electron chi connectivity index (χ4n) is 5.88. The van der Waals surface area contributed by atoms with Gasteiger partial charge in [-0.1, -0.05) is 12.8 Å². The molecule has 3 saturated heterocycles. The summed E-state index contributed by atoms with van der Waals surface area (Å²) >= 11 is 11.2. The van der Waals surface area contributed by atoms with Crippen molar-refractivity contribution in [2.45, 2.75) is 110 Å². The lowest BCUT2D eigenvalue weighted by atomic mass is 9.79. The molecule has 0 spiro atoms. The normalized spacial score (nSPS) is 44.6. The Hall–Kier alpha value is 0.830. The van der Waals surface area contributed by atoms with Gasteiger partial charge in [-0.25, -0.2) is 10.9 Å². The average Bonchev–Trinajstić information content (AvgIpc) is 3.17. The largest absolute Gasteiger partial charge is 0.307 e. The Labute approximate surface area is 179 Å². The summed E-state index contributed by atoms with van der Waals surface area (Å²) < 4.78 is 0. The summed E-state index contributed by atoms with van der Waals surface area (Å²) in [5, 5.41) is 5.82. The molecule has 4 fully saturated rings. The molecule has 1 saturated carbocycles. The van der Waals surface area contributed by atoms with Crippen molar-refractivity contribution in [3.63, 3.8) is 0 Å². The molecule has 6 atom stereocenters. The van der Waals surface area contributed by atoms with E-state index in [0.717, 1.165) is 11.2 Å². The van der Waals surface area contributed by atoms with Crippen LogP contribution in [0, 0.1) is 5.92 Å². The number of nitrogens with zero attached hydrogens (tertiary/aromatic N) is 1. The van der Waals surface area contributed by atoms with Crippen molar-refractivity contribution < 1.29 is 0 Å². The predicted octanol–water partition coefficient (Wildman–Crippen LogP) is 3.96. The van der Waals surface area contributed by atoms with Gasteiger partial charge in [0.25, 0.3) is 0 Å². The van der Waals surface area contributed by atoms with Gasteiger partial charge in [0, 0.05) is 27.6 Å². The first kappa shape index (κ1) is 21.1. The van der Waals surface area contributed by atoms with Gasteiger partial charge < -0.3 is 5.32 Å². The van der Waals surface area contributed by atoms with E-state index in [4.69, 9.17) is 11.6 Å². The fraction of sp³-hybridized carbons (Fsp3) is 1.00. The topological polar surface area (TPSA) is 39.3 Å². The molecule has 3 heterocycles. The monoisotopic (exact) mass is 432 g/mol. The van der Waals surface area contributed by atoms with Gasteiger partial charge in [0.15, 0.2) is 0 Å². The van der Waals surface area contributed by atoms with Crippen LogP contribution in [0.4, 0.5) is 0 Å². The number of thioether (sulfide) groups is 2. The molecule has 3 N–H and O–H groups in total. The number of piperidine rings is 1. The molecule has 6 unspecified atom stereocenters. The Bertz CT molecular complexity index is 530. The van der Waals surface area contributed by atoms with Crippen molar-refractivity contribution in [3.8, 4) is 0 Å². The lowest BCUT2D eigenvalue weighted by Gasteiger charge is -2.49. The highest BCUT2D eigenvalue weighted by atomic mass is 35.5. The second-order valence-electron chi connectivity index (χ2n) is 10.3. The molecule has 4 aliphatic rings. The van der Waals surface area contributed by atoms with Crippen molar-refractivity contribution in [3.05, 3.63) is 0 Å². The Kier molecular flexibility index (Phi) is 6.11. The summed E-state index contributed by atoms with van der Waals surface area (Å²) in [6.45, 7) is 9.33. The highest BCUT2D eigenvalue weighted by Crippen LogP contribution is 2.51. The molecule has 1 aliphatic carbocycles. The van der Waals surface area contributed by atoms with E-state index in [9.17, 15) is 0 Å². The van der Waals surface area contributed by atoms with Gasteiger partial charge in [-0.15, -0.1) is 23.4 Å². The number of nitrogens with one attached hydrogen (secondary N) is 3. The van der Waals surface area contributed by atoms with Crippen LogP contribution < -0.4 is 16.2 Å². The van der Waals surface area contributed by atoms with Gasteiger partial charge in [0.2, 0.25) is 0 Å². The van der Waals surface area contributed by atoms with Gasteiger partial charge >= 0.3 is 0 Å². The summed E-state index contributed by atoms with van der Waals surface area (Å²) in [4.78, 5) is 2.55. The van der Waals surface area contributed by atoms with E-state index in [1.165, 1.54) is 38.5 Å². The molecule has 0 amide bonds. The maximum absolute atomic E-state index is 6.96. The number of halogens is 1. The zero-order chi connectivity index (χ0) is 19.4. The molecule has 3 aliphatic heterocycles. The number of hydrogen-bond donors (Lipinski definition) is 3. The van der Waals surface area contributed by atoms with Crippen LogP contribution in [0.2, 0.25) is 0 Å². The zero-order valence-electron chi connectivity index (χ0n) is 17.4. The molecule has 4 nitrogen and oxygen atoms in total. The SMILES string of the molecule is CN(C1CC(C)(C)NC(C)(C)C1)C1NNC(C2SC3CCCCC3C2Cl)S1.